The largest absolute Gasteiger partial charge is 0.497 e. The van der Waals surface area contributed by atoms with Gasteiger partial charge in [-0.3, -0.25) is 9.59 Å². The first-order chi connectivity index (χ1) is 10.1. The van der Waals surface area contributed by atoms with Crippen molar-refractivity contribution < 1.29 is 19.1 Å². The molecular weight excluding hydrogens is 292 g/mol. The molecule has 6 nitrogen and oxygen atoms in total. The highest BCUT2D eigenvalue weighted by molar-refractivity contribution is 7.13. The average molecular weight is 306 g/mol. The van der Waals surface area contributed by atoms with Crippen LogP contribution in [0.4, 0.5) is 0 Å². The Balaban J connectivity index is 2.00. The van der Waals surface area contributed by atoms with Crippen LogP contribution in [0.1, 0.15) is 5.69 Å². The van der Waals surface area contributed by atoms with Gasteiger partial charge in [0.15, 0.2) is 6.61 Å². The molecule has 2 N–H and O–H groups in total. The van der Waals surface area contributed by atoms with Gasteiger partial charge in [-0.25, -0.2) is 4.98 Å². The second kappa shape index (κ2) is 6.85. The minimum atomic E-state index is -0.680. The van der Waals surface area contributed by atoms with Gasteiger partial charge in [-0.15, -0.1) is 11.3 Å². The Labute approximate surface area is 125 Å². The first kappa shape index (κ1) is 15.0. The average Bonchev–Trinajstić information content (AvgIpc) is 2.93. The number of benzene rings is 1. The molecule has 1 aromatic carbocycles. The topological polar surface area (TPSA) is 91.5 Å². The van der Waals surface area contributed by atoms with Crippen molar-refractivity contribution >= 4 is 23.2 Å². The molecule has 0 saturated carbocycles. The summed E-state index contributed by atoms with van der Waals surface area (Å²) in [5, 5.41) is 2.58. The van der Waals surface area contributed by atoms with Gasteiger partial charge in [-0.05, 0) is 24.3 Å². The normalized spacial score (nSPS) is 10.1. The van der Waals surface area contributed by atoms with Crippen LogP contribution < -0.4 is 10.5 Å². The summed E-state index contributed by atoms with van der Waals surface area (Å²) in [4.78, 5) is 26.3. The lowest BCUT2D eigenvalue weighted by Gasteiger charge is -2.01. The molecule has 0 fully saturated rings. The number of carbonyl (C=O) groups excluding carboxylic acids is 2. The maximum Gasteiger partial charge on any atom is 0.312 e. The fourth-order valence-electron chi connectivity index (χ4n) is 1.60. The van der Waals surface area contributed by atoms with E-state index in [2.05, 4.69) is 9.72 Å². The fourth-order valence-corrected chi connectivity index (χ4v) is 2.43. The van der Waals surface area contributed by atoms with Crippen molar-refractivity contribution in [2.75, 3.05) is 13.7 Å². The number of hydrogen-bond donors (Lipinski definition) is 1. The molecule has 0 saturated heterocycles. The van der Waals surface area contributed by atoms with Gasteiger partial charge in [0, 0.05) is 10.9 Å². The smallest absolute Gasteiger partial charge is 0.312 e. The number of nitrogens with zero attached hydrogens (tertiary/aromatic N) is 1. The van der Waals surface area contributed by atoms with Gasteiger partial charge in [-0.1, -0.05) is 0 Å². The van der Waals surface area contributed by atoms with Gasteiger partial charge in [0.2, 0.25) is 0 Å². The Morgan fingerprint density at radius 2 is 2.00 bits per heavy atom. The van der Waals surface area contributed by atoms with E-state index in [0.29, 0.717) is 5.69 Å². The Bertz CT molecular complexity index is 637. The lowest BCUT2D eigenvalue weighted by Crippen LogP contribution is -2.21. The molecule has 0 radical (unpaired) electrons. The van der Waals surface area contributed by atoms with E-state index in [0.717, 1.165) is 16.3 Å². The van der Waals surface area contributed by atoms with Crippen LogP contribution in [0, 0.1) is 0 Å². The molecule has 21 heavy (non-hydrogen) atoms. The summed E-state index contributed by atoms with van der Waals surface area (Å²) in [5.41, 5.74) is 6.44. The van der Waals surface area contributed by atoms with Crippen molar-refractivity contribution in [2.45, 2.75) is 6.42 Å². The predicted octanol–water partition coefficient (Wildman–Crippen LogP) is 1.39. The Kier molecular flexibility index (Phi) is 4.89. The van der Waals surface area contributed by atoms with E-state index in [4.69, 9.17) is 10.5 Å². The first-order valence-corrected chi connectivity index (χ1v) is 6.99. The number of esters is 1. The summed E-state index contributed by atoms with van der Waals surface area (Å²) in [6, 6.07) is 7.48. The van der Waals surface area contributed by atoms with Crippen LogP contribution in [0.25, 0.3) is 10.6 Å². The summed E-state index contributed by atoms with van der Waals surface area (Å²) in [6.45, 7) is -0.408. The van der Waals surface area contributed by atoms with Gasteiger partial charge in [0.05, 0.1) is 19.2 Å². The standard InChI is InChI=1S/C14H14N2O4S/c1-19-11-4-2-9(3-5-11)14-16-10(8-21-14)6-13(18)20-7-12(15)17/h2-5,8H,6-7H2,1H3,(H2,15,17). The molecule has 0 spiro atoms. The lowest BCUT2D eigenvalue weighted by molar-refractivity contribution is -0.147. The molecule has 7 heteroatoms. The maximum absolute atomic E-state index is 11.5. The highest BCUT2D eigenvalue weighted by Gasteiger charge is 2.11. The number of nitrogens with two attached hydrogens (primary N) is 1. The Morgan fingerprint density at radius 1 is 1.29 bits per heavy atom. The first-order valence-electron chi connectivity index (χ1n) is 6.11. The van der Waals surface area contributed by atoms with Crippen LogP contribution >= 0.6 is 11.3 Å². The predicted molar refractivity (Wildman–Crippen MR) is 78.0 cm³/mol. The van der Waals surface area contributed by atoms with Crippen LogP contribution in [0.3, 0.4) is 0 Å². The summed E-state index contributed by atoms with van der Waals surface area (Å²) in [7, 11) is 1.61. The van der Waals surface area contributed by atoms with Crippen molar-refractivity contribution in [1.29, 1.82) is 0 Å². The summed E-state index contributed by atoms with van der Waals surface area (Å²) in [5.74, 6) is -0.438. The monoisotopic (exact) mass is 306 g/mol. The van der Waals surface area contributed by atoms with E-state index in [1.165, 1.54) is 11.3 Å². The minimum Gasteiger partial charge on any atom is -0.497 e. The van der Waals surface area contributed by atoms with Gasteiger partial charge in [0.1, 0.15) is 10.8 Å². The number of aromatic nitrogens is 1. The highest BCUT2D eigenvalue weighted by Crippen LogP contribution is 2.25. The maximum atomic E-state index is 11.5. The van der Waals surface area contributed by atoms with E-state index in [1.54, 1.807) is 12.5 Å². The van der Waals surface area contributed by atoms with Crippen molar-refractivity contribution in [3.63, 3.8) is 0 Å². The van der Waals surface area contributed by atoms with E-state index >= 15 is 0 Å². The molecule has 0 bridgehead atoms. The minimum absolute atomic E-state index is 0.0138. The third kappa shape index (κ3) is 4.28. The van der Waals surface area contributed by atoms with Crippen LogP contribution in [0.5, 0.6) is 5.75 Å². The number of carbonyl (C=O) groups is 2. The number of methoxy groups -OCH3 is 1. The second-order valence-corrected chi connectivity index (χ2v) is 5.03. The molecule has 1 amide bonds. The highest BCUT2D eigenvalue weighted by atomic mass is 32.1. The SMILES string of the molecule is COc1ccc(-c2nc(CC(=O)OCC(N)=O)cs2)cc1. The van der Waals surface area contributed by atoms with E-state index < -0.39 is 18.5 Å². The summed E-state index contributed by atoms with van der Waals surface area (Å²) < 4.78 is 9.78. The van der Waals surface area contributed by atoms with Crippen LogP contribution in [0.2, 0.25) is 0 Å². The third-order valence-corrected chi connectivity index (χ3v) is 3.53. The second-order valence-electron chi connectivity index (χ2n) is 4.18. The molecule has 1 heterocycles. The number of thiazole rings is 1. The number of primary amides is 1. The van der Waals surface area contributed by atoms with Crippen LogP contribution in [-0.2, 0) is 20.7 Å². The van der Waals surface area contributed by atoms with Gasteiger partial charge in [-0.2, -0.15) is 0 Å². The molecule has 0 aliphatic rings. The molecule has 0 atom stereocenters. The van der Waals surface area contributed by atoms with Crippen molar-refractivity contribution in [3.05, 3.63) is 35.3 Å². The summed E-state index contributed by atoms with van der Waals surface area (Å²) >= 11 is 1.43. The van der Waals surface area contributed by atoms with Crippen molar-refractivity contribution in [2.24, 2.45) is 5.73 Å². The van der Waals surface area contributed by atoms with Gasteiger partial charge >= 0.3 is 5.97 Å². The van der Waals surface area contributed by atoms with Gasteiger partial charge < -0.3 is 15.2 Å². The molecule has 0 unspecified atom stereocenters. The van der Waals surface area contributed by atoms with Crippen molar-refractivity contribution in [3.8, 4) is 16.3 Å². The third-order valence-electron chi connectivity index (χ3n) is 2.59. The number of rotatable bonds is 6. The molecule has 2 aromatic rings. The Hall–Kier alpha value is -2.41. The van der Waals surface area contributed by atoms with Crippen molar-refractivity contribution in [1.82, 2.24) is 4.98 Å². The van der Waals surface area contributed by atoms with Crippen LogP contribution in [-0.4, -0.2) is 30.6 Å². The molecule has 0 aliphatic carbocycles. The molecule has 0 aliphatic heterocycles. The fraction of sp³-hybridized carbons (Fsp3) is 0.214. The number of amides is 1. The lowest BCUT2D eigenvalue weighted by atomic mass is 10.2. The summed E-state index contributed by atoms with van der Waals surface area (Å²) in [6.07, 6.45) is 0.0138. The van der Waals surface area contributed by atoms with E-state index in [9.17, 15) is 9.59 Å². The Morgan fingerprint density at radius 3 is 2.62 bits per heavy atom. The number of ether oxygens (including phenoxy) is 2. The van der Waals surface area contributed by atoms with E-state index in [1.807, 2.05) is 24.3 Å². The van der Waals surface area contributed by atoms with E-state index in [-0.39, 0.29) is 6.42 Å². The zero-order valence-electron chi connectivity index (χ0n) is 11.4. The van der Waals surface area contributed by atoms with Gasteiger partial charge in [0.25, 0.3) is 5.91 Å². The molecular formula is C14H14N2O4S. The zero-order valence-corrected chi connectivity index (χ0v) is 12.2. The quantitative estimate of drug-likeness (QED) is 0.814. The number of hydrogen-bond acceptors (Lipinski definition) is 6. The molecule has 1 aromatic heterocycles. The van der Waals surface area contributed by atoms with Crippen LogP contribution in [0.15, 0.2) is 29.6 Å². The molecule has 2 rings (SSSR count). The zero-order chi connectivity index (χ0) is 15.2. The molecule has 110 valence electrons.